The Labute approximate surface area is 122 Å². The third kappa shape index (κ3) is 7.41. The largest absolute Gasteiger partial charge is 0.469 e. The van der Waals surface area contributed by atoms with E-state index >= 15 is 0 Å². The average Bonchev–Trinajstić information content (AvgIpc) is 2.82. The molecule has 1 heterocycles. The second-order valence-corrected chi connectivity index (χ2v) is 6.86. The number of hydrogen-bond acceptors (Lipinski definition) is 7. The van der Waals surface area contributed by atoms with Gasteiger partial charge in [0.05, 0.1) is 25.5 Å². The van der Waals surface area contributed by atoms with E-state index in [1.54, 1.807) is 0 Å². The van der Waals surface area contributed by atoms with Gasteiger partial charge in [0.25, 0.3) is 0 Å². The minimum atomic E-state index is -3.12. The summed E-state index contributed by atoms with van der Waals surface area (Å²) in [6.07, 6.45) is 2.68. The van der Waals surface area contributed by atoms with E-state index in [0.29, 0.717) is 32.4 Å². The van der Waals surface area contributed by atoms with E-state index in [4.69, 9.17) is 0 Å². The SMILES string of the molecule is COC(=O)CCc1csc(NCCCNS(C)(=O)=O)n1. The molecule has 1 aromatic rings. The van der Waals surface area contributed by atoms with E-state index in [-0.39, 0.29) is 5.97 Å². The lowest BCUT2D eigenvalue weighted by molar-refractivity contribution is -0.140. The van der Waals surface area contributed by atoms with E-state index < -0.39 is 10.0 Å². The highest BCUT2D eigenvalue weighted by atomic mass is 32.2. The second-order valence-electron chi connectivity index (χ2n) is 4.17. The number of sulfonamides is 1. The molecular weight excluding hydrogens is 302 g/mol. The molecule has 0 bridgehead atoms. The van der Waals surface area contributed by atoms with Crippen LogP contribution in [0.4, 0.5) is 5.13 Å². The highest BCUT2D eigenvalue weighted by Gasteiger charge is 2.05. The Morgan fingerprint density at radius 2 is 2.20 bits per heavy atom. The number of aromatic nitrogens is 1. The van der Waals surface area contributed by atoms with E-state index in [2.05, 4.69) is 19.8 Å². The predicted molar refractivity (Wildman–Crippen MR) is 78.4 cm³/mol. The minimum absolute atomic E-state index is 0.251. The summed E-state index contributed by atoms with van der Waals surface area (Å²) < 4.78 is 28.7. The van der Waals surface area contributed by atoms with Crippen LogP contribution in [0.15, 0.2) is 5.38 Å². The van der Waals surface area contributed by atoms with E-state index in [9.17, 15) is 13.2 Å². The highest BCUT2D eigenvalue weighted by Crippen LogP contribution is 2.16. The minimum Gasteiger partial charge on any atom is -0.469 e. The zero-order valence-electron chi connectivity index (χ0n) is 11.5. The third-order valence-corrected chi connectivity index (χ3v) is 3.94. The lowest BCUT2D eigenvalue weighted by atomic mass is 10.2. The van der Waals surface area contributed by atoms with Gasteiger partial charge in [0.2, 0.25) is 10.0 Å². The molecule has 2 N–H and O–H groups in total. The van der Waals surface area contributed by atoms with Crippen molar-refractivity contribution in [1.82, 2.24) is 9.71 Å². The Morgan fingerprint density at radius 1 is 1.45 bits per heavy atom. The molecule has 0 aliphatic rings. The summed E-state index contributed by atoms with van der Waals surface area (Å²) in [6.45, 7) is 1.03. The van der Waals surface area contributed by atoms with Crippen molar-refractivity contribution in [2.45, 2.75) is 19.3 Å². The third-order valence-electron chi connectivity index (χ3n) is 2.36. The number of thiazole rings is 1. The fraction of sp³-hybridized carbons (Fsp3) is 0.636. The first kappa shape index (κ1) is 16.9. The zero-order valence-corrected chi connectivity index (χ0v) is 13.1. The zero-order chi connectivity index (χ0) is 15.0. The molecule has 1 aromatic heterocycles. The van der Waals surface area contributed by atoms with Crippen LogP contribution in [0.5, 0.6) is 0 Å². The first-order valence-electron chi connectivity index (χ1n) is 6.10. The maximum atomic E-state index is 11.0. The standard InChI is InChI=1S/C11H19N3O4S2/c1-18-10(15)5-4-9-8-19-11(14-9)12-6-3-7-13-20(2,16)17/h8,13H,3-7H2,1-2H3,(H,12,14). The molecule has 0 aromatic carbocycles. The number of esters is 1. The van der Waals surface area contributed by atoms with Crippen molar-refractivity contribution >= 4 is 32.5 Å². The Hall–Kier alpha value is -1.19. The Balaban J connectivity index is 2.22. The number of aryl methyl sites for hydroxylation is 1. The molecular formula is C11H19N3O4S2. The Kier molecular flexibility index (Phi) is 6.89. The molecule has 0 atom stereocenters. The molecule has 114 valence electrons. The molecule has 0 aliphatic heterocycles. The van der Waals surface area contributed by atoms with Crippen LogP contribution in [0.2, 0.25) is 0 Å². The molecule has 0 spiro atoms. The van der Waals surface area contributed by atoms with Gasteiger partial charge in [-0.2, -0.15) is 0 Å². The number of carbonyl (C=O) groups is 1. The maximum Gasteiger partial charge on any atom is 0.305 e. The van der Waals surface area contributed by atoms with Crippen LogP contribution in [0, 0.1) is 0 Å². The fourth-order valence-electron chi connectivity index (χ4n) is 1.38. The summed E-state index contributed by atoms with van der Waals surface area (Å²) in [5.41, 5.74) is 0.845. The van der Waals surface area contributed by atoms with Crippen molar-refractivity contribution in [2.75, 3.05) is 31.8 Å². The number of nitrogens with one attached hydrogen (secondary N) is 2. The van der Waals surface area contributed by atoms with Gasteiger partial charge >= 0.3 is 5.97 Å². The fourth-order valence-corrected chi connectivity index (χ4v) is 2.67. The summed E-state index contributed by atoms with van der Waals surface area (Å²) in [7, 11) is -1.76. The quantitative estimate of drug-likeness (QED) is 0.510. The van der Waals surface area contributed by atoms with Gasteiger partial charge in [0.1, 0.15) is 0 Å². The number of rotatable bonds is 9. The molecule has 0 fully saturated rings. The van der Waals surface area contributed by atoms with E-state index in [1.807, 2.05) is 5.38 Å². The summed E-state index contributed by atoms with van der Waals surface area (Å²) in [4.78, 5) is 15.3. The molecule has 0 unspecified atom stereocenters. The predicted octanol–water partition coefficient (Wildman–Crippen LogP) is 0.600. The van der Waals surface area contributed by atoms with Crippen LogP contribution < -0.4 is 10.0 Å². The molecule has 0 saturated carbocycles. The average molecular weight is 321 g/mol. The summed E-state index contributed by atoms with van der Waals surface area (Å²) in [6, 6.07) is 0. The number of ether oxygens (including phenoxy) is 1. The monoisotopic (exact) mass is 321 g/mol. The van der Waals surface area contributed by atoms with E-state index in [1.165, 1.54) is 18.4 Å². The van der Waals surface area contributed by atoms with E-state index in [0.717, 1.165) is 17.1 Å². The number of nitrogens with zero attached hydrogens (tertiary/aromatic N) is 1. The smallest absolute Gasteiger partial charge is 0.305 e. The number of methoxy groups -OCH3 is 1. The van der Waals surface area contributed by atoms with Gasteiger partial charge in [-0.05, 0) is 6.42 Å². The van der Waals surface area contributed by atoms with Crippen molar-refractivity contribution in [3.8, 4) is 0 Å². The Morgan fingerprint density at radius 3 is 2.85 bits per heavy atom. The summed E-state index contributed by atoms with van der Waals surface area (Å²) in [5, 5.41) is 5.77. The van der Waals surface area contributed by atoms with Crippen LogP contribution in [0.1, 0.15) is 18.5 Å². The van der Waals surface area contributed by atoms with Gasteiger partial charge in [-0.1, -0.05) is 0 Å². The number of hydrogen-bond donors (Lipinski definition) is 2. The van der Waals surface area contributed by atoms with Gasteiger partial charge < -0.3 is 10.1 Å². The first-order chi connectivity index (χ1) is 9.40. The highest BCUT2D eigenvalue weighted by molar-refractivity contribution is 7.88. The molecule has 1 rings (SSSR count). The van der Waals surface area contributed by atoms with Crippen LogP contribution in [-0.2, 0) is 26.0 Å². The van der Waals surface area contributed by atoms with Crippen molar-refractivity contribution in [2.24, 2.45) is 0 Å². The first-order valence-corrected chi connectivity index (χ1v) is 8.87. The van der Waals surface area contributed by atoms with Crippen molar-refractivity contribution < 1.29 is 17.9 Å². The van der Waals surface area contributed by atoms with Crippen molar-refractivity contribution in [3.05, 3.63) is 11.1 Å². The molecule has 0 saturated heterocycles. The molecule has 9 heteroatoms. The van der Waals surface area contributed by atoms with Crippen LogP contribution in [0.3, 0.4) is 0 Å². The topological polar surface area (TPSA) is 97.4 Å². The van der Waals surface area contributed by atoms with Gasteiger partial charge in [-0.15, -0.1) is 11.3 Å². The molecule has 0 amide bonds. The maximum absolute atomic E-state index is 11.0. The van der Waals surface area contributed by atoms with Crippen LogP contribution >= 0.6 is 11.3 Å². The van der Waals surface area contributed by atoms with Crippen LogP contribution in [-0.4, -0.2) is 45.8 Å². The summed E-state index contributed by atoms with van der Waals surface area (Å²) >= 11 is 1.46. The van der Waals surface area contributed by atoms with Gasteiger partial charge in [-0.25, -0.2) is 18.1 Å². The normalized spacial score (nSPS) is 11.3. The molecule has 0 aliphatic carbocycles. The Bertz CT molecular complexity index is 528. The number of anilines is 1. The number of carbonyl (C=O) groups excluding carboxylic acids is 1. The van der Waals surface area contributed by atoms with Gasteiger partial charge in [0.15, 0.2) is 5.13 Å². The lowest BCUT2D eigenvalue weighted by Gasteiger charge is -2.03. The van der Waals surface area contributed by atoms with Crippen LogP contribution in [0.25, 0.3) is 0 Å². The van der Waals surface area contributed by atoms with Gasteiger partial charge in [0, 0.05) is 24.9 Å². The second kappa shape index (κ2) is 8.18. The lowest BCUT2D eigenvalue weighted by Crippen LogP contribution is -2.24. The molecule has 7 nitrogen and oxygen atoms in total. The van der Waals surface area contributed by atoms with Gasteiger partial charge in [-0.3, -0.25) is 4.79 Å². The summed E-state index contributed by atoms with van der Waals surface area (Å²) in [5.74, 6) is -0.251. The molecule has 0 radical (unpaired) electrons. The van der Waals surface area contributed by atoms with Crippen molar-refractivity contribution in [1.29, 1.82) is 0 Å². The van der Waals surface area contributed by atoms with Crippen molar-refractivity contribution in [3.63, 3.8) is 0 Å². The molecule has 20 heavy (non-hydrogen) atoms.